The lowest BCUT2D eigenvalue weighted by Crippen LogP contribution is -2.55. The number of carbonyl (C=O) groups excluding carboxylic acids is 1. The molecule has 2 aliphatic rings. The maximum atomic E-state index is 12.5. The zero-order chi connectivity index (χ0) is 13.1. The maximum Gasteiger partial charge on any atom is 0.255 e. The summed E-state index contributed by atoms with van der Waals surface area (Å²) in [6.07, 6.45) is 0. The molecule has 2 unspecified atom stereocenters. The van der Waals surface area contributed by atoms with E-state index in [4.69, 9.17) is 11.6 Å². The van der Waals surface area contributed by atoms with Crippen LogP contribution < -0.4 is 5.32 Å². The summed E-state index contributed by atoms with van der Waals surface area (Å²) in [7, 11) is 1.88. The third-order valence-electron chi connectivity index (χ3n) is 4.51. The molecule has 0 bridgehead atoms. The van der Waals surface area contributed by atoms with Gasteiger partial charge in [-0.15, -0.1) is 0 Å². The van der Waals surface area contributed by atoms with Crippen molar-refractivity contribution in [2.24, 2.45) is 0 Å². The van der Waals surface area contributed by atoms with E-state index in [1.54, 1.807) is 0 Å². The molecule has 1 amide bonds. The monoisotopic (exact) mass is 264 g/mol. The Morgan fingerprint density at radius 2 is 2.22 bits per heavy atom. The van der Waals surface area contributed by atoms with Gasteiger partial charge in [0.15, 0.2) is 0 Å². The van der Waals surface area contributed by atoms with E-state index in [2.05, 4.69) is 18.3 Å². The molecule has 1 N–H and O–H groups in total. The van der Waals surface area contributed by atoms with Crippen LogP contribution in [0.4, 0.5) is 0 Å². The fourth-order valence-corrected chi connectivity index (χ4v) is 3.64. The lowest BCUT2D eigenvalue weighted by atomic mass is 9.76. The molecule has 1 fully saturated rings. The van der Waals surface area contributed by atoms with Crippen LogP contribution in [0, 0.1) is 6.92 Å². The predicted octanol–water partition coefficient (Wildman–Crippen LogP) is 2.18. The van der Waals surface area contributed by atoms with Crippen LogP contribution in [-0.4, -0.2) is 36.5 Å². The average Bonchev–Trinajstić information content (AvgIpc) is 2.69. The van der Waals surface area contributed by atoms with E-state index in [9.17, 15) is 4.79 Å². The summed E-state index contributed by atoms with van der Waals surface area (Å²) >= 11 is 6.28. The van der Waals surface area contributed by atoms with Crippen molar-refractivity contribution in [1.82, 2.24) is 10.2 Å². The highest BCUT2D eigenvalue weighted by atomic mass is 35.5. The molecule has 96 valence electrons. The lowest BCUT2D eigenvalue weighted by Gasteiger charge is -2.45. The fraction of sp³-hybridized carbons (Fsp3) is 0.500. The summed E-state index contributed by atoms with van der Waals surface area (Å²) in [6.45, 7) is 5.91. The molecule has 3 rings (SSSR count). The number of hydrogen-bond acceptors (Lipinski definition) is 2. The van der Waals surface area contributed by atoms with E-state index >= 15 is 0 Å². The number of fused-ring (bicyclic) bond motifs is 3. The topological polar surface area (TPSA) is 32.3 Å². The van der Waals surface area contributed by atoms with Crippen molar-refractivity contribution in [1.29, 1.82) is 0 Å². The van der Waals surface area contributed by atoms with E-state index in [0.29, 0.717) is 16.5 Å². The van der Waals surface area contributed by atoms with Crippen LogP contribution in [0.1, 0.15) is 34.3 Å². The second-order valence-corrected chi connectivity index (χ2v) is 6.02. The van der Waals surface area contributed by atoms with Crippen LogP contribution in [0.15, 0.2) is 12.1 Å². The number of halogens is 1. The third kappa shape index (κ3) is 1.38. The molecule has 3 nitrogen and oxygen atoms in total. The quantitative estimate of drug-likeness (QED) is 0.779. The Bertz CT molecular complexity index is 543. The Morgan fingerprint density at radius 3 is 2.94 bits per heavy atom. The van der Waals surface area contributed by atoms with Gasteiger partial charge in [-0.05, 0) is 31.0 Å². The summed E-state index contributed by atoms with van der Waals surface area (Å²) in [6, 6.07) is 3.99. The number of nitrogens with one attached hydrogen (secondary N) is 1. The summed E-state index contributed by atoms with van der Waals surface area (Å²) in [4.78, 5) is 14.4. The van der Waals surface area contributed by atoms with E-state index < -0.39 is 0 Å². The van der Waals surface area contributed by atoms with Gasteiger partial charge < -0.3 is 10.2 Å². The van der Waals surface area contributed by atoms with Crippen LogP contribution in [0.3, 0.4) is 0 Å². The first-order valence-corrected chi connectivity index (χ1v) is 6.62. The van der Waals surface area contributed by atoms with E-state index in [0.717, 1.165) is 24.2 Å². The zero-order valence-electron chi connectivity index (χ0n) is 10.9. The average molecular weight is 265 g/mol. The van der Waals surface area contributed by atoms with E-state index in [1.165, 1.54) is 0 Å². The van der Waals surface area contributed by atoms with Crippen molar-refractivity contribution in [2.75, 3.05) is 20.1 Å². The summed E-state index contributed by atoms with van der Waals surface area (Å²) in [5, 5.41) is 3.98. The molecule has 0 radical (unpaired) electrons. The van der Waals surface area contributed by atoms with Gasteiger partial charge in [-0.2, -0.15) is 0 Å². The minimum atomic E-state index is -0.138. The first kappa shape index (κ1) is 12.0. The van der Waals surface area contributed by atoms with E-state index in [-0.39, 0.29) is 11.4 Å². The first-order chi connectivity index (χ1) is 8.45. The van der Waals surface area contributed by atoms with Crippen LogP contribution in [0.5, 0.6) is 0 Å². The second kappa shape index (κ2) is 3.72. The smallest absolute Gasteiger partial charge is 0.255 e. The maximum absolute atomic E-state index is 12.5. The van der Waals surface area contributed by atoms with Gasteiger partial charge in [-0.25, -0.2) is 0 Å². The molecule has 18 heavy (non-hydrogen) atoms. The van der Waals surface area contributed by atoms with Gasteiger partial charge in [0, 0.05) is 26.1 Å². The van der Waals surface area contributed by atoms with Gasteiger partial charge >= 0.3 is 0 Å². The number of carbonyl (C=O) groups is 1. The predicted molar refractivity (Wildman–Crippen MR) is 72.3 cm³/mol. The Morgan fingerprint density at radius 1 is 1.50 bits per heavy atom. The Balaban J connectivity index is 2.28. The lowest BCUT2D eigenvalue weighted by molar-refractivity contribution is 0.0557. The number of hydrogen-bond donors (Lipinski definition) is 1. The molecular formula is C14H17ClN2O. The molecule has 4 heteroatoms. The van der Waals surface area contributed by atoms with Gasteiger partial charge in [0.05, 0.1) is 16.1 Å². The number of amides is 1. The number of aryl methyl sites for hydroxylation is 1. The van der Waals surface area contributed by atoms with Crippen molar-refractivity contribution in [2.45, 2.75) is 25.3 Å². The molecule has 0 spiro atoms. The van der Waals surface area contributed by atoms with Crippen LogP contribution in [-0.2, 0) is 0 Å². The van der Waals surface area contributed by atoms with Crippen molar-refractivity contribution in [3.63, 3.8) is 0 Å². The number of nitrogens with zero attached hydrogens (tertiary/aromatic N) is 1. The summed E-state index contributed by atoms with van der Waals surface area (Å²) < 4.78 is 0. The Kier molecular flexibility index (Phi) is 2.48. The fourth-order valence-electron chi connectivity index (χ4n) is 3.28. The van der Waals surface area contributed by atoms with Gasteiger partial charge in [0.1, 0.15) is 0 Å². The molecule has 0 aliphatic carbocycles. The Labute approximate surface area is 112 Å². The molecule has 1 aromatic carbocycles. The zero-order valence-corrected chi connectivity index (χ0v) is 11.6. The molecule has 0 aromatic heterocycles. The highest BCUT2D eigenvalue weighted by Crippen LogP contribution is 2.44. The first-order valence-electron chi connectivity index (χ1n) is 6.24. The Hall–Kier alpha value is -1.06. The van der Waals surface area contributed by atoms with Gasteiger partial charge in [0.25, 0.3) is 5.91 Å². The van der Waals surface area contributed by atoms with Gasteiger partial charge in [0.2, 0.25) is 0 Å². The third-order valence-corrected chi connectivity index (χ3v) is 4.81. The minimum Gasteiger partial charge on any atom is -0.334 e. The summed E-state index contributed by atoms with van der Waals surface area (Å²) in [5.41, 5.74) is 2.78. The van der Waals surface area contributed by atoms with Crippen LogP contribution in [0.25, 0.3) is 0 Å². The number of benzene rings is 1. The highest BCUT2D eigenvalue weighted by molar-refractivity contribution is 6.34. The van der Waals surface area contributed by atoms with Crippen molar-refractivity contribution >= 4 is 17.5 Å². The molecule has 2 atom stereocenters. The molecule has 2 aliphatic heterocycles. The number of likely N-dealkylation sites (N-methyl/N-ethyl adjacent to an activating group) is 1. The number of rotatable bonds is 0. The standard InChI is InChI=1S/C14H17ClN2O/c1-8-4-9-10-6-16-7-14(10,2)17(3)13(18)12(9)11(15)5-8/h4-5,10,16H,6-7H2,1-3H3. The molecule has 0 saturated carbocycles. The van der Waals surface area contributed by atoms with Crippen molar-refractivity contribution in [3.05, 3.63) is 33.8 Å². The summed E-state index contributed by atoms with van der Waals surface area (Å²) in [5.74, 6) is 0.366. The highest BCUT2D eigenvalue weighted by Gasteiger charge is 2.50. The van der Waals surface area contributed by atoms with Crippen LogP contribution in [0.2, 0.25) is 5.02 Å². The van der Waals surface area contributed by atoms with Crippen LogP contribution >= 0.6 is 11.6 Å². The second-order valence-electron chi connectivity index (χ2n) is 5.62. The largest absolute Gasteiger partial charge is 0.334 e. The molecule has 2 heterocycles. The van der Waals surface area contributed by atoms with Crippen molar-refractivity contribution < 1.29 is 4.79 Å². The van der Waals surface area contributed by atoms with E-state index in [1.807, 2.05) is 24.9 Å². The molecular weight excluding hydrogens is 248 g/mol. The normalized spacial score (nSPS) is 30.3. The minimum absolute atomic E-state index is 0.0393. The van der Waals surface area contributed by atoms with Gasteiger partial charge in [-0.3, -0.25) is 4.79 Å². The van der Waals surface area contributed by atoms with Gasteiger partial charge in [-0.1, -0.05) is 17.7 Å². The van der Waals surface area contributed by atoms with Crippen molar-refractivity contribution in [3.8, 4) is 0 Å². The molecule has 1 saturated heterocycles. The molecule has 1 aromatic rings. The SMILES string of the molecule is Cc1cc(Cl)c2c(c1)C1CNCC1(C)N(C)C2=O.